The molecule has 0 aliphatic carbocycles. The van der Waals surface area contributed by atoms with Gasteiger partial charge in [-0.1, -0.05) is 26.0 Å². The minimum Gasteiger partial charge on any atom is -0.507 e. The first-order chi connectivity index (χ1) is 12.4. The largest absolute Gasteiger partial charge is 0.507 e. The number of para-hydroxylation sites is 1. The molecule has 27 heavy (non-hydrogen) atoms. The van der Waals surface area contributed by atoms with Gasteiger partial charge in [-0.25, -0.2) is 14.6 Å². The number of aliphatic imine (C=N–C) groups is 1. The summed E-state index contributed by atoms with van der Waals surface area (Å²) < 4.78 is 5.12. The van der Waals surface area contributed by atoms with Gasteiger partial charge in [-0.2, -0.15) is 5.10 Å². The molecule has 0 saturated heterocycles. The van der Waals surface area contributed by atoms with Gasteiger partial charge in [0, 0.05) is 11.0 Å². The second kappa shape index (κ2) is 7.26. The van der Waals surface area contributed by atoms with Crippen molar-refractivity contribution in [3.05, 3.63) is 29.8 Å². The van der Waals surface area contributed by atoms with Gasteiger partial charge in [-0.05, 0) is 32.9 Å². The molecule has 9 heteroatoms. The number of guanidine groups is 1. The first-order valence-corrected chi connectivity index (χ1v) is 8.36. The molecule has 2 amide bonds. The number of aromatic hydroxyl groups is 1. The molecule has 1 aromatic carbocycles. The summed E-state index contributed by atoms with van der Waals surface area (Å²) in [5.74, 6) is -0.210. The second-order valence-electron chi connectivity index (χ2n) is 7.75. The van der Waals surface area contributed by atoms with E-state index in [1.54, 1.807) is 45.0 Å². The van der Waals surface area contributed by atoms with E-state index in [-0.39, 0.29) is 18.3 Å². The Morgan fingerprint density at radius 2 is 1.93 bits per heavy atom. The van der Waals surface area contributed by atoms with Crippen LogP contribution in [-0.4, -0.2) is 51.2 Å². The third-order valence-corrected chi connectivity index (χ3v) is 3.62. The highest BCUT2D eigenvalue weighted by atomic mass is 16.6. The van der Waals surface area contributed by atoms with Crippen molar-refractivity contribution in [3.8, 4) is 5.75 Å². The lowest BCUT2D eigenvalue weighted by molar-refractivity contribution is 0.0601. The highest BCUT2D eigenvalue weighted by Crippen LogP contribution is 2.33. The Morgan fingerprint density at radius 1 is 1.30 bits per heavy atom. The van der Waals surface area contributed by atoms with Gasteiger partial charge < -0.3 is 14.9 Å². The molecule has 1 aromatic rings. The van der Waals surface area contributed by atoms with Gasteiger partial charge in [0.05, 0.1) is 12.3 Å². The molecule has 0 saturated carbocycles. The van der Waals surface area contributed by atoms with E-state index in [1.807, 2.05) is 13.8 Å². The molecule has 0 radical (unpaired) electrons. The summed E-state index contributed by atoms with van der Waals surface area (Å²) in [4.78, 5) is 26.9. The summed E-state index contributed by atoms with van der Waals surface area (Å²) in [5, 5.41) is 27.0. The lowest BCUT2D eigenvalue weighted by atomic mass is 9.84. The number of carboxylic acid groups (broad SMARTS) is 1. The van der Waals surface area contributed by atoms with Crippen molar-refractivity contribution in [2.24, 2.45) is 15.5 Å². The van der Waals surface area contributed by atoms with E-state index in [9.17, 15) is 14.7 Å². The van der Waals surface area contributed by atoms with E-state index in [2.05, 4.69) is 15.4 Å². The van der Waals surface area contributed by atoms with Crippen molar-refractivity contribution in [1.29, 1.82) is 0 Å². The summed E-state index contributed by atoms with van der Waals surface area (Å²) in [6.07, 6.45) is -2.32. The molecule has 0 atom stereocenters. The Bertz CT molecular complexity index is 808. The average molecular weight is 376 g/mol. The summed E-state index contributed by atoms with van der Waals surface area (Å²) in [7, 11) is 0. The number of nitrogens with one attached hydrogen (secondary N) is 1. The number of carbonyl (C=O) groups excluding carboxylic acids is 1. The Labute approximate surface area is 157 Å². The predicted octanol–water partition coefficient (Wildman–Crippen LogP) is 3.00. The fraction of sp³-hybridized carbons (Fsp3) is 0.444. The molecule has 146 valence electrons. The number of ether oxygens (including phenoxy) is 1. The van der Waals surface area contributed by atoms with Gasteiger partial charge in [-0.3, -0.25) is 5.32 Å². The average Bonchev–Trinajstić information content (AvgIpc) is 2.80. The number of benzene rings is 1. The van der Waals surface area contributed by atoms with Crippen molar-refractivity contribution in [2.45, 2.75) is 40.2 Å². The van der Waals surface area contributed by atoms with Crippen molar-refractivity contribution in [3.63, 3.8) is 0 Å². The van der Waals surface area contributed by atoms with Crippen LogP contribution in [0.5, 0.6) is 5.75 Å². The molecule has 9 nitrogen and oxygen atoms in total. The van der Waals surface area contributed by atoms with E-state index >= 15 is 0 Å². The first-order valence-electron chi connectivity index (χ1n) is 8.36. The van der Waals surface area contributed by atoms with Crippen LogP contribution < -0.4 is 5.32 Å². The molecule has 1 aliphatic heterocycles. The highest BCUT2D eigenvalue weighted by molar-refractivity contribution is 6.09. The topological polar surface area (TPSA) is 124 Å². The summed E-state index contributed by atoms with van der Waals surface area (Å²) >= 11 is 0. The zero-order chi connectivity index (χ0) is 20.4. The van der Waals surface area contributed by atoms with Crippen LogP contribution in [0.15, 0.2) is 34.4 Å². The maximum atomic E-state index is 12.0. The van der Waals surface area contributed by atoms with Crippen LogP contribution in [0.3, 0.4) is 0 Å². The van der Waals surface area contributed by atoms with Gasteiger partial charge in [-0.15, -0.1) is 4.99 Å². The maximum Gasteiger partial charge on any atom is 0.437 e. The number of phenols is 1. The minimum atomic E-state index is -1.39. The van der Waals surface area contributed by atoms with E-state index in [0.717, 1.165) is 0 Å². The Hall–Kier alpha value is -3.10. The van der Waals surface area contributed by atoms with Crippen LogP contribution in [0.1, 0.15) is 40.2 Å². The molecule has 3 N–H and O–H groups in total. The third kappa shape index (κ3) is 5.19. The van der Waals surface area contributed by atoms with Gasteiger partial charge in [0.15, 0.2) is 0 Å². The van der Waals surface area contributed by atoms with Crippen LogP contribution >= 0.6 is 0 Å². The highest BCUT2D eigenvalue weighted by Gasteiger charge is 2.38. The molecule has 1 aliphatic rings. The zero-order valence-corrected chi connectivity index (χ0v) is 16.0. The molecule has 0 spiro atoms. The summed E-state index contributed by atoms with van der Waals surface area (Å²) in [5.41, 5.74) is -0.237. The van der Waals surface area contributed by atoms with Crippen molar-refractivity contribution in [1.82, 2.24) is 10.3 Å². The monoisotopic (exact) mass is 376 g/mol. The van der Waals surface area contributed by atoms with Crippen LogP contribution in [0.25, 0.3) is 0 Å². The van der Waals surface area contributed by atoms with E-state index < -0.39 is 23.2 Å². The number of rotatable bonds is 1. The minimum absolute atomic E-state index is 0.0583. The maximum absolute atomic E-state index is 12.0. The normalized spacial score (nSPS) is 16.7. The summed E-state index contributed by atoms with van der Waals surface area (Å²) in [6, 6.07) is 6.72. The van der Waals surface area contributed by atoms with Crippen molar-refractivity contribution >= 4 is 23.9 Å². The second-order valence-corrected chi connectivity index (χ2v) is 7.75. The van der Waals surface area contributed by atoms with Crippen molar-refractivity contribution in [2.75, 3.05) is 6.54 Å². The predicted molar refractivity (Wildman–Crippen MR) is 100.0 cm³/mol. The number of carbonyl (C=O) groups is 2. The molecular formula is C18H24N4O5. The molecular weight excluding hydrogens is 352 g/mol. The Morgan fingerprint density at radius 3 is 2.48 bits per heavy atom. The molecule has 0 fully saturated rings. The standard InChI is InChI=1S/C18H24N4O5/c1-17(2,3)27-16(26)20-14(19-15(24)25)22-10-18(4,5)13(21-22)11-8-6-7-9-12(11)23/h6-9,23H,10H2,1-5H3,(H,24,25)(H,19,20,26). The quantitative estimate of drug-likeness (QED) is 0.511. The van der Waals surface area contributed by atoms with Crippen molar-refractivity contribution < 1.29 is 24.5 Å². The number of phenolic OH excluding ortho intramolecular Hbond substituents is 1. The lowest BCUT2D eigenvalue weighted by Gasteiger charge is -2.22. The van der Waals surface area contributed by atoms with E-state index in [1.165, 1.54) is 5.01 Å². The van der Waals surface area contributed by atoms with E-state index in [4.69, 9.17) is 9.84 Å². The van der Waals surface area contributed by atoms with Crippen LogP contribution in [0.2, 0.25) is 0 Å². The van der Waals surface area contributed by atoms with Crippen LogP contribution in [-0.2, 0) is 4.74 Å². The lowest BCUT2D eigenvalue weighted by Crippen LogP contribution is -2.42. The Kier molecular flexibility index (Phi) is 5.43. The number of hydrazone groups is 1. The number of nitrogens with zero attached hydrogens (tertiary/aromatic N) is 3. The molecule has 2 rings (SSSR count). The van der Waals surface area contributed by atoms with Crippen LogP contribution in [0, 0.1) is 5.41 Å². The van der Waals surface area contributed by atoms with Gasteiger partial charge >= 0.3 is 12.2 Å². The Balaban J connectivity index is 2.41. The zero-order valence-electron chi connectivity index (χ0n) is 16.0. The SMILES string of the molecule is CC(C)(C)OC(=O)/N=C(\NC(=O)O)N1CC(C)(C)C(c2ccccc2O)=N1. The van der Waals surface area contributed by atoms with Gasteiger partial charge in [0.1, 0.15) is 11.4 Å². The fourth-order valence-electron chi connectivity index (χ4n) is 2.57. The fourth-order valence-corrected chi connectivity index (χ4v) is 2.57. The molecule has 0 aromatic heterocycles. The van der Waals surface area contributed by atoms with E-state index in [0.29, 0.717) is 11.3 Å². The smallest absolute Gasteiger partial charge is 0.437 e. The number of hydrogen-bond donors (Lipinski definition) is 3. The van der Waals surface area contributed by atoms with Gasteiger partial charge in [0.25, 0.3) is 0 Å². The molecule has 1 heterocycles. The third-order valence-electron chi connectivity index (χ3n) is 3.62. The molecule has 0 bridgehead atoms. The number of amides is 2. The van der Waals surface area contributed by atoms with Gasteiger partial charge in [0.2, 0.25) is 5.96 Å². The number of hydrogen-bond acceptors (Lipinski definition) is 5. The molecule has 0 unspecified atom stereocenters. The summed E-state index contributed by atoms with van der Waals surface area (Å²) in [6.45, 7) is 9.07. The first kappa shape index (κ1) is 20.2. The van der Waals surface area contributed by atoms with Crippen LogP contribution in [0.4, 0.5) is 9.59 Å².